The number of hydrogen-bond donors (Lipinski definition) is 3. The first kappa shape index (κ1) is 26.9. The molecule has 0 aromatic rings. The molecule has 1 saturated heterocycles. The number of ether oxygens (including phenoxy) is 1. The molecule has 1 aliphatic heterocycles. The second kappa shape index (κ2) is 16.5. The molecule has 3 atom stereocenters. The fourth-order valence-corrected chi connectivity index (χ4v) is 3.92. The van der Waals surface area contributed by atoms with Gasteiger partial charge in [-0.25, -0.2) is 0 Å². The molecule has 0 saturated carbocycles. The number of aliphatic hydroxyl groups excluding tert-OH is 1. The molecule has 6 heteroatoms. The van der Waals surface area contributed by atoms with Crippen molar-refractivity contribution in [2.24, 2.45) is 5.92 Å². The minimum Gasteiger partial charge on any atom is -0.366 e. The van der Waals surface area contributed by atoms with E-state index in [2.05, 4.69) is 17.6 Å². The zero-order valence-electron chi connectivity index (χ0n) is 19.6. The van der Waals surface area contributed by atoms with Gasteiger partial charge in [-0.15, -0.1) is 0 Å². The molecule has 3 N–H and O–H groups in total. The molecule has 6 nitrogen and oxygen atoms in total. The first-order valence-corrected chi connectivity index (χ1v) is 12.3. The second-order valence-corrected chi connectivity index (χ2v) is 9.20. The summed E-state index contributed by atoms with van der Waals surface area (Å²) < 4.78 is 5.08. The Morgan fingerprint density at radius 1 is 0.967 bits per heavy atom. The van der Waals surface area contributed by atoms with Crippen molar-refractivity contribution in [2.45, 2.75) is 129 Å². The van der Waals surface area contributed by atoms with Gasteiger partial charge in [-0.1, -0.05) is 85.0 Å². The third-order valence-electron chi connectivity index (χ3n) is 5.76. The fourth-order valence-electron chi connectivity index (χ4n) is 3.92. The van der Waals surface area contributed by atoms with Crippen molar-refractivity contribution in [1.82, 2.24) is 10.6 Å². The molecule has 1 fully saturated rings. The van der Waals surface area contributed by atoms with E-state index in [-0.39, 0.29) is 17.7 Å². The number of aliphatic hydroxyl groups is 1. The van der Waals surface area contributed by atoms with Gasteiger partial charge in [0.15, 0.2) is 6.29 Å². The van der Waals surface area contributed by atoms with Crippen molar-refractivity contribution < 1.29 is 19.4 Å². The van der Waals surface area contributed by atoms with Gasteiger partial charge >= 0.3 is 0 Å². The van der Waals surface area contributed by atoms with E-state index >= 15 is 0 Å². The summed E-state index contributed by atoms with van der Waals surface area (Å²) in [6.45, 7) is 6.75. The van der Waals surface area contributed by atoms with Gasteiger partial charge in [-0.05, 0) is 25.2 Å². The van der Waals surface area contributed by atoms with E-state index in [9.17, 15) is 14.7 Å². The molecule has 0 spiro atoms. The third-order valence-corrected chi connectivity index (χ3v) is 5.76. The van der Waals surface area contributed by atoms with Crippen LogP contribution in [0.4, 0.5) is 0 Å². The van der Waals surface area contributed by atoms with Crippen molar-refractivity contribution >= 4 is 11.8 Å². The zero-order chi connectivity index (χ0) is 22.2. The first-order chi connectivity index (χ1) is 14.4. The Balaban J connectivity index is 2.17. The van der Waals surface area contributed by atoms with Crippen LogP contribution in [0.2, 0.25) is 0 Å². The van der Waals surface area contributed by atoms with Crippen molar-refractivity contribution in [2.75, 3.05) is 6.61 Å². The number of hydrogen-bond acceptors (Lipinski definition) is 4. The van der Waals surface area contributed by atoms with Crippen LogP contribution in [-0.2, 0) is 14.3 Å². The van der Waals surface area contributed by atoms with Crippen molar-refractivity contribution in [3.05, 3.63) is 0 Å². The molecule has 2 unspecified atom stereocenters. The summed E-state index contributed by atoms with van der Waals surface area (Å²) in [5.41, 5.74) is 0. The van der Waals surface area contributed by atoms with Crippen LogP contribution in [0, 0.1) is 5.92 Å². The third kappa shape index (κ3) is 12.5. The maximum atomic E-state index is 12.6. The van der Waals surface area contributed by atoms with Crippen LogP contribution >= 0.6 is 0 Å². The Bertz CT molecular complexity index is 470. The SMILES string of the molecule is CCCCCCCCCCCCCC(=O)NC(CC(C)C)C(=O)N[C@H]1CCOC1O. The van der Waals surface area contributed by atoms with Gasteiger partial charge in [0.05, 0.1) is 12.6 Å². The molecule has 0 aliphatic carbocycles. The van der Waals surface area contributed by atoms with E-state index in [0.717, 1.165) is 12.8 Å². The molecule has 1 aliphatic rings. The molecule has 1 rings (SSSR count). The summed E-state index contributed by atoms with van der Waals surface area (Å²) >= 11 is 0. The summed E-state index contributed by atoms with van der Waals surface area (Å²) in [6.07, 6.45) is 14.4. The highest BCUT2D eigenvalue weighted by Crippen LogP contribution is 2.14. The Labute approximate surface area is 183 Å². The first-order valence-electron chi connectivity index (χ1n) is 12.3. The Hall–Kier alpha value is -1.14. The average molecular weight is 427 g/mol. The number of amides is 2. The highest BCUT2D eigenvalue weighted by atomic mass is 16.6. The smallest absolute Gasteiger partial charge is 0.242 e. The number of unbranched alkanes of at least 4 members (excludes halogenated alkanes) is 10. The van der Waals surface area contributed by atoms with Crippen LogP contribution in [0.5, 0.6) is 0 Å². The van der Waals surface area contributed by atoms with E-state index in [1.807, 2.05) is 13.8 Å². The summed E-state index contributed by atoms with van der Waals surface area (Å²) in [4.78, 5) is 24.9. The molecule has 0 radical (unpaired) electrons. The second-order valence-electron chi connectivity index (χ2n) is 9.20. The molecule has 0 aromatic heterocycles. The lowest BCUT2D eigenvalue weighted by Gasteiger charge is -2.23. The lowest BCUT2D eigenvalue weighted by Crippen LogP contribution is -2.51. The van der Waals surface area contributed by atoms with E-state index in [1.165, 1.54) is 57.8 Å². The maximum absolute atomic E-state index is 12.6. The van der Waals surface area contributed by atoms with Crippen LogP contribution in [-0.4, -0.2) is 41.9 Å². The largest absolute Gasteiger partial charge is 0.366 e. The maximum Gasteiger partial charge on any atom is 0.242 e. The number of nitrogens with one attached hydrogen (secondary N) is 2. The number of carbonyl (C=O) groups is 2. The lowest BCUT2D eigenvalue weighted by molar-refractivity contribution is -0.131. The lowest BCUT2D eigenvalue weighted by atomic mass is 10.0. The highest BCUT2D eigenvalue weighted by molar-refractivity contribution is 5.87. The summed E-state index contributed by atoms with van der Waals surface area (Å²) in [6, 6.07) is -0.950. The van der Waals surface area contributed by atoms with Crippen molar-refractivity contribution in [1.29, 1.82) is 0 Å². The number of rotatable bonds is 17. The molecule has 30 heavy (non-hydrogen) atoms. The van der Waals surface area contributed by atoms with E-state index in [0.29, 0.717) is 25.9 Å². The summed E-state index contributed by atoms with van der Waals surface area (Å²) in [7, 11) is 0. The van der Waals surface area contributed by atoms with Gasteiger partial charge in [0.1, 0.15) is 6.04 Å². The molecular formula is C24H46N2O4. The molecule has 2 amide bonds. The molecule has 176 valence electrons. The van der Waals surface area contributed by atoms with Crippen LogP contribution in [0.3, 0.4) is 0 Å². The standard InChI is InChI=1S/C24H46N2O4/c1-4-5-6-7-8-9-10-11-12-13-14-15-22(27)25-21(18-19(2)3)23(28)26-20-16-17-30-24(20)29/h19-21,24,29H,4-18H2,1-3H3,(H,25,27)(H,26,28)/t20-,21?,24?/m0/s1. The normalized spacial score (nSPS) is 19.8. The van der Waals surface area contributed by atoms with Gasteiger partial charge < -0.3 is 20.5 Å². The van der Waals surface area contributed by atoms with Crippen LogP contribution < -0.4 is 10.6 Å². The molecular weight excluding hydrogens is 380 g/mol. The minimum absolute atomic E-state index is 0.0602. The topological polar surface area (TPSA) is 87.7 Å². The predicted molar refractivity (Wildman–Crippen MR) is 121 cm³/mol. The quantitative estimate of drug-likeness (QED) is 0.300. The summed E-state index contributed by atoms with van der Waals surface area (Å²) in [5, 5.41) is 15.4. The Kier molecular flexibility index (Phi) is 14.8. The minimum atomic E-state index is -0.958. The molecule has 0 aromatic carbocycles. The highest BCUT2D eigenvalue weighted by Gasteiger charge is 2.30. The van der Waals surface area contributed by atoms with Crippen LogP contribution in [0.15, 0.2) is 0 Å². The van der Waals surface area contributed by atoms with E-state index in [4.69, 9.17) is 4.74 Å². The average Bonchev–Trinajstić information content (AvgIpc) is 3.09. The predicted octanol–water partition coefficient (Wildman–Crippen LogP) is 4.44. The van der Waals surface area contributed by atoms with Gasteiger partial charge in [0.25, 0.3) is 0 Å². The van der Waals surface area contributed by atoms with Crippen LogP contribution in [0.1, 0.15) is 111 Å². The molecule has 0 bridgehead atoms. The monoisotopic (exact) mass is 426 g/mol. The van der Waals surface area contributed by atoms with Gasteiger partial charge in [0.2, 0.25) is 11.8 Å². The Morgan fingerprint density at radius 3 is 2.03 bits per heavy atom. The van der Waals surface area contributed by atoms with E-state index < -0.39 is 18.4 Å². The van der Waals surface area contributed by atoms with Gasteiger partial charge in [-0.3, -0.25) is 9.59 Å². The summed E-state index contributed by atoms with van der Waals surface area (Å²) in [5.74, 6) is -0.00625. The van der Waals surface area contributed by atoms with Crippen molar-refractivity contribution in [3.8, 4) is 0 Å². The Morgan fingerprint density at radius 2 is 1.53 bits per heavy atom. The number of carbonyl (C=O) groups excluding carboxylic acids is 2. The molecule has 1 heterocycles. The van der Waals surface area contributed by atoms with Gasteiger partial charge in [0, 0.05) is 6.42 Å². The van der Waals surface area contributed by atoms with Crippen molar-refractivity contribution in [3.63, 3.8) is 0 Å². The van der Waals surface area contributed by atoms with E-state index in [1.54, 1.807) is 0 Å². The van der Waals surface area contributed by atoms with Crippen LogP contribution in [0.25, 0.3) is 0 Å². The fraction of sp³-hybridized carbons (Fsp3) is 0.917. The zero-order valence-corrected chi connectivity index (χ0v) is 19.6. The van der Waals surface area contributed by atoms with Gasteiger partial charge in [-0.2, -0.15) is 0 Å².